The fraction of sp³-hybridized carbons (Fsp3) is 0.667. The number of carbonyl (C=O) groups is 1. The van der Waals surface area contributed by atoms with E-state index in [0.29, 0.717) is 18.1 Å². The Morgan fingerprint density at radius 1 is 1.14 bits per heavy atom. The number of nitrogens with one attached hydrogen (secondary N) is 2. The summed E-state index contributed by atoms with van der Waals surface area (Å²) in [4.78, 5) is 11.9. The average molecular weight is 417 g/mol. The molecule has 1 amide bonds. The molecule has 0 heterocycles. The first-order valence-corrected chi connectivity index (χ1v) is 9.73. The third-order valence-electron chi connectivity index (χ3n) is 3.46. The number of ether oxygens (including phenoxy) is 3. The van der Waals surface area contributed by atoms with E-state index in [9.17, 15) is 4.79 Å². The Balaban J connectivity index is 0.00000729. The summed E-state index contributed by atoms with van der Waals surface area (Å²) >= 11 is 0. The van der Waals surface area contributed by atoms with E-state index in [1.54, 1.807) is 0 Å². The minimum atomic E-state index is -0.279. The van der Waals surface area contributed by atoms with Gasteiger partial charge in [-0.05, 0) is 72.2 Å². The fourth-order valence-corrected chi connectivity index (χ4v) is 2.40. The van der Waals surface area contributed by atoms with Gasteiger partial charge >= 0.3 is 0 Å². The second kappa shape index (κ2) is 13.6. The highest BCUT2D eigenvalue weighted by atomic mass is 35.5. The van der Waals surface area contributed by atoms with E-state index in [0.717, 1.165) is 31.7 Å². The van der Waals surface area contributed by atoms with Crippen LogP contribution in [0.5, 0.6) is 11.5 Å². The minimum absolute atomic E-state index is 0. The number of hydrogen-bond acceptors (Lipinski definition) is 5. The molecule has 0 atom stereocenters. The van der Waals surface area contributed by atoms with Gasteiger partial charge in [-0.3, -0.25) is 4.79 Å². The van der Waals surface area contributed by atoms with Crippen molar-refractivity contribution in [1.29, 1.82) is 0 Å². The molecule has 0 radical (unpaired) electrons. The molecule has 0 fully saturated rings. The van der Waals surface area contributed by atoms with E-state index in [-0.39, 0.29) is 36.6 Å². The van der Waals surface area contributed by atoms with Gasteiger partial charge in [-0.1, -0.05) is 6.07 Å². The predicted octanol–water partition coefficient (Wildman–Crippen LogP) is 3.71. The van der Waals surface area contributed by atoms with Crippen molar-refractivity contribution in [3.63, 3.8) is 0 Å². The van der Waals surface area contributed by atoms with Crippen LogP contribution in [0.25, 0.3) is 0 Å². The van der Waals surface area contributed by atoms with Crippen LogP contribution in [0.1, 0.15) is 53.5 Å². The SMILES string of the molecule is CCOc1cc(CNCCCOC(C)C)ccc1OCC(=O)NC(C)(C)C.Cl. The molecule has 0 aromatic heterocycles. The van der Waals surface area contributed by atoms with Crippen molar-refractivity contribution in [2.75, 3.05) is 26.4 Å². The van der Waals surface area contributed by atoms with Crippen molar-refractivity contribution in [2.45, 2.75) is 66.2 Å². The van der Waals surface area contributed by atoms with E-state index >= 15 is 0 Å². The summed E-state index contributed by atoms with van der Waals surface area (Å²) < 4.78 is 16.9. The lowest BCUT2D eigenvalue weighted by molar-refractivity contribution is -0.124. The fourth-order valence-electron chi connectivity index (χ4n) is 2.40. The van der Waals surface area contributed by atoms with Crippen molar-refractivity contribution in [3.05, 3.63) is 23.8 Å². The van der Waals surface area contributed by atoms with E-state index in [1.165, 1.54) is 0 Å². The van der Waals surface area contributed by atoms with Crippen LogP contribution in [-0.4, -0.2) is 43.9 Å². The molecule has 0 aliphatic heterocycles. The molecule has 0 saturated heterocycles. The lowest BCUT2D eigenvalue weighted by Crippen LogP contribution is -2.43. The van der Waals surface area contributed by atoms with Gasteiger partial charge in [0.05, 0.1) is 12.7 Å². The van der Waals surface area contributed by atoms with Crippen LogP contribution >= 0.6 is 12.4 Å². The second-order valence-corrected chi connectivity index (χ2v) is 7.75. The van der Waals surface area contributed by atoms with Crippen molar-refractivity contribution in [2.24, 2.45) is 0 Å². The standard InChI is InChI=1S/C21H36N2O4.ClH/c1-7-25-19-13-17(14-22-11-8-12-26-16(2)3)9-10-18(19)27-15-20(24)23-21(4,5)6;/h9-10,13,16,22H,7-8,11-12,14-15H2,1-6H3,(H,23,24);1H. The lowest BCUT2D eigenvalue weighted by atomic mass is 10.1. The minimum Gasteiger partial charge on any atom is -0.490 e. The molecule has 28 heavy (non-hydrogen) atoms. The Bertz CT molecular complexity index is 574. The normalized spacial score (nSPS) is 11.1. The molecular formula is C21H37ClN2O4. The van der Waals surface area contributed by atoms with Crippen LogP contribution in [0.3, 0.4) is 0 Å². The number of amides is 1. The number of hydrogen-bond donors (Lipinski definition) is 2. The Hall–Kier alpha value is -1.50. The Labute approximate surface area is 176 Å². The third-order valence-corrected chi connectivity index (χ3v) is 3.46. The highest BCUT2D eigenvalue weighted by Gasteiger charge is 2.15. The number of carbonyl (C=O) groups excluding carboxylic acids is 1. The van der Waals surface area contributed by atoms with Gasteiger partial charge in [-0.2, -0.15) is 0 Å². The monoisotopic (exact) mass is 416 g/mol. The van der Waals surface area contributed by atoms with Gasteiger partial charge in [-0.15, -0.1) is 12.4 Å². The van der Waals surface area contributed by atoms with Crippen LogP contribution in [0.4, 0.5) is 0 Å². The van der Waals surface area contributed by atoms with Crippen LogP contribution in [0.15, 0.2) is 18.2 Å². The zero-order chi connectivity index (χ0) is 20.3. The van der Waals surface area contributed by atoms with E-state index < -0.39 is 0 Å². The average Bonchev–Trinajstić information content (AvgIpc) is 2.55. The lowest BCUT2D eigenvalue weighted by Gasteiger charge is -2.21. The van der Waals surface area contributed by atoms with Crippen molar-refractivity contribution < 1.29 is 19.0 Å². The molecule has 0 unspecified atom stereocenters. The van der Waals surface area contributed by atoms with Gasteiger partial charge in [0, 0.05) is 18.7 Å². The van der Waals surface area contributed by atoms with Crippen LogP contribution < -0.4 is 20.1 Å². The molecule has 0 saturated carbocycles. The molecule has 1 aromatic rings. The molecular weight excluding hydrogens is 380 g/mol. The first kappa shape index (κ1) is 26.5. The molecule has 0 aliphatic rings. The van der Waals surface area contributed by atoms with E-state index in [4.69, 9.17) is 14.2 Å². The number of benzene rings is 1. The van der Waals surface area contributed by atoms with Crippen LogP contribution in [0, 0.1) is 0 Å². The molecule has 0 aliphatic carbocycles. The van der Waals surface area contributed by atoms with E-state index in [2.05, 4.69) is 10.6 Å². The maximum atomic E-state index is 11.9. The van der Waals surface area contributed by atoms with Gasteiger partial charge in [-0.25, -0.2) is 0 Å². The number of rotatable bonds is 12. The van der Waals surface area contributed by atoms with Gasteiger partial charge in [0.15, 0.2) is 18.1 Å². The highest BCUT2D eigenvalue weighted by molar-refractivity contribution is 5.85. The largest absolute Gasteiger partial charge is 0.490 e. The van der Waals surface area contributed by atoms with Crippen molar-refractivity contribution in [3.8, 4) is 11.5 Å². The summed E-state index contributed by atoms with van der Waals surface area (Å²) in [5.74, 6) is 1.08. The summed E-state index contributed by atoms with van der Waals surface area (Å²) in [6, 6.07) is 5.80. The second-order valence-electron chi connectivity index (χ2n) is 7.75. The molecule has 1 rings (SSSR count). The van der Waals surface area contributed by atoms with E-state index in [1.807, 2.05) is 59.7 Å². The Morgan fingerprint density at radius 2 is 1.86 bits per heavy atom. The maximum absolute atomic E-state index is 11.9. The number of halogens is 1. The Kier molecular flexibility index (Phi) is 12.9. The predicted molar refractivity (Wildman–Crippen MR) is 116 cm³/mol. The molecule has 162 valence electrons. The molecule has 7 heteroatoms. The topological polar surface area (TPSA) is 68.8 Å². The first-order valence-electron chi connectivity index (χ1n) is 9.73. The zero-order valence-corrected chi connectivity index (χ0v) is 18.9. The highest BCUT2D eigenvalue weighted by Crippen LogP contribution is 2.28. The summed E-state index contributed by atoms with van der Waals surface area (Å²) in [5, 5.41) is 6.28. The molecule has 2 N–H and O–H groups in total. The van der Waals surface area contributed by atoms with Gasteiger partial charge in [0.25, 0.3) is 5.91 Å². The summed E-state index contributed by atoms with van der Waals surface area (Å²) in [7, 11) is 0. The quantitative estimate of drug-likeness (QED) is 0.508. The first-order chi connectivity index (χ1) is 12.7. The molecule has 6 nitrogen and oxygen atoms in total. The van der Waals surface area contributed by atoms with Crippen molar-refractivity contribution >= 4 is 18.3 Å². The van der Waals surface area contributed by atoms with Gasteiger partial charge < -0.3 is 24.8 Å². The summed E-state index contributed by atoms with van der Waals surface area (Å²) in [5.41, 5.74) is 0.827. The molecule has 0 bridgehead atoms. The summed E-state index contributed by atoms with van der Waals surface area (Å²) in [6.45, 7) is 14.7. The molecule has 1 aromatic carbocycles. The molecule has 0 spiro atoms. The smallest absolute Gasteiger partial charge is 0.258 e. The van der Waals surface area contributed by atoms with Crippen molar-refractivity contribution in [1.82, 2.24) is 10.6 Å². The van der Waals surface area contributed by atoms with Gasteiger partial charge in [0.1, 0.15) is 0 Å². The van der Waals surface area contributed by atoms with Crippen LogP contribution in [-0.2, 0) is 16.1 Å². The zero-order valence-electron chi connectivity index (χ0n) is 18.1. The Morgan fingerprint density at radius 3 is 2.46 bits per heavy atom. The third kappa shape index (κ3) is 12.1. The summed E-state index contributed by atoms with van der Waals surface area (Å²) in [6.07, 6.45) is 1.25. The maximum Gasteiger partial charge on any atom is 0.258 e. The van der Waals surface area contributed by atoms with Crippen LogP contribution in [0.2, 0.25) is 0 Å². The van der Waals surface area contributed by atoms with Gasteiger partial charge in [0.2, 0.25) is 0 Å².